The van der Waals surface area contributed by atoms with E-state index in [0.29, 0.717) is 12.1 Å². The molecule has 0 fully saturated rings. The molecule has 1 rings (SSSR count). The van der Waals surface area contributed by atoms with Gasteiger partial charge < -0.3 is 19.8 Å². The van der Waals surface area contributed by atoms with E-state index in [2.05, 4.69) is 0 Å². The minimum absolute atomic E-state index is 0.462. The lowest BCUT2D eigenvalue weighted by Crippen LogP contribution is -2.55. The normalized spacial score (nSPS) is 11.0. The monoisotopic (exact) mass is 255 g/mol. The van der Waals surface area contributed by atoms with Crippen LogP contribution in [-0.2, 0) is 15.0 Å². The third kappa shape index (κ3) is 1.99. The van der Waals surface area contributed by atoms with E-state index in [0.717, 1.165) is 13.0 Å². The number of rotatable bonds is 4. The van der Waals surface area contributed by atoms with Gasteiger partial charge in [0.1, 0.15) is 0 Å². The predicted octanol–water partition coefficient (Wildman–Crippen LogP) is -1.51. The molecule has 0 radical (unpaired) electrons. The zero-order valence-corrected chi connectivity index (χ0v) is 9.01. The average Bonchev–Trinajstić information content (AvgIpc) is 2.26. The number of hydrogen-bond donors (Lipinski definition) is 0. The van der Waals surface area contributed by atoms with Gasteiger partial charge in [-0.05, 0) is 18.6 Å². The lowest BCUT2D eigenvalue weighted by molar-refractivity contribution is -0.387. The van der Waals surface area contributed by atoms with Crippen LogP contribution in [0.3, 0.4) is 0 Å². The first-order valence-electron chi connectivity index (χ1n) is 4.58. The Bertz CT molecular complexity index is 527. The quantitative estimate of drug-likeness (QED) is 0.366. The summed E-state index contributed by atoms with van der Waals surface area (Å²) in [5, 5.41) is 32.0. The van der Waals surface area contributed by atoms with Crippen LogP contribution in [0.5, 0.6) is 0 Å². The van der Waals surface area contributed by atoms with Gasteiger partial charge in [0.25, 0.3) is 0 Å². The molecule has 96 valence electrons. The second-order valence-electron chi connectivity index (χ2n) is 3.62. The molecular weight excluding hydrogens is 249 g/mol. The van der Waals surface area contributed by atoms with Gasteiger partial charge in [-0.15, -0.1) is 0 Å². The fourth-order valence-corrected chi connectivity index (χ4v) is 1.29. The Labute approximate surface area is 99.6 Å². The smallest absolute Gasteiger partial charge is 0.304 e. The summed E-state index contributed by atoms with van der Waals surface area (Å²) in [5.41, 5.74) is -3.99. The van der Waals surface area contributed by atoms with Gasteiger partial charge in [0.15, 0.2) is 0 Å². The third-order valence-corrected chi connectivity index (χ3v) is 2.54. The highest BCUT2D eigenvalue weighted by Gasteiger charge is 2.32. The van der Waals surface area contributed by atoms with Crippen LogP contribution in [0.15, 0.2) is 18.2 Å². The summed E-state index contributed by atoms with van der Waals surface area (Å²) >= 11 is 0. The molecule has 0 bridgehead atoms. The Hall–Kier alpha value is -2.51. The van der Waals surface area contributed by atoms with Crippen LogP contribution in [0.4, 0.5) is 10.1 Å². The highest BCUT2D eigenvalue weighted by molar-refractivity contribution is 6.02. The maximum Gasteiger partial charge on any atom is 0.304 e. The highest BCUT2D eigenvalue weighted by Crippen LogP contribution is 2.27. The molecule has 0 aliphatic heterocycles. The fourth-order valence-electron chi connectivity index (χ4n) is 1.29. The Morgan fingerprint density at radius 1 is 1.28 bits per heavy atom. The SMILES string of the molecule is CC(C(=O)[O-])(C(=O)[O-])c1ccc([N+](=O)[O-])c(F)c1. The molecule has 0 atom stereocenters. The van der Waals surface area contributed by atoms with Crippen molar-refractivity contribution in [1.29, 1.82) is 0 Å². The van der Waals surface area contributed by atoms with Crippen LogP contribution in [-0.4, -0.2) is 16.9 Å². The van der Waals surface area contributed by atoms with E-state index >= 15 is 0 Å². The van der Waals surface area contributed by atoms with Gasteiger partial charge in [-0.2, -0.15) is 4.39 Å². The fraction of sp³-hybridized carbons (Fsp3) is 0.200. The number of nitrogens with zero attached hydrogens (tertiary/aromatic N) is 1. The number of carbonyl (C=O) groups is 2. The van der Waals surface area contributed by atoms with Crippen molar-refractivity contribution in [3.8, 4) is 0 Å². The van der Waals surface area contributed by atoms with Gasteiger partial charge in [0.05, 0.1) is 22.3 Å². The van der Waals surface area contributed by atoms with Crippen molar-refractivity contribution in [3.63, 3.8) is 0 Å². The number of aliphatic carboxylic acids is 2. The van der Waals surface area contributed by atoms with Crippen molar-refractivity contribution >= 4 is 17.6 Å². The molecule has 7 nitrogen and oxygen atoms in total. The van der Waals surface area contributed by atoms with Crippen LogP contribution >= 0.6 is 0 Å². The van der Waals surface area contributed by atoms with Gasteiger partial charge >= 0.3 is 5.69 Å². The topological polar surface area (TPSA) is 123 Å². The second kappa shape index (κ2) is 4.40. The van der Waals surface area contributed by atoms with E-state index in [-0.39, 0.29) is 0 Å². The molecule has 0 aliphatic rings. The molecule has 0 N–H and O–H groups in total. The van der Waals surface area contributed by atoms with Gasteiger partial charge in [-0.3, -0.25) is 10.1 Å². The van der Waals surface area contributed by atoms with Gasteiger partial charge in [0.2, 0.25) is 5.82 Å². The van der Waals surface area contributed by atoms with E-state index in [9.17, 15) is 34.3 Å². The molecule has 0 unspecified atom stereocenters. The average molecular weight is 255 g/mol. The van der Waals surface area contributed by atoms with Gasteiger partial charge in [0, 0.05) is 6.07 Å². The first-order valence-corrected chi connectivity index (χ1v) is 4.58. The number of nitro groups is 1. The molecule has 0 spiro atoms. The number of benzene rings is 1. The first kappa shape index (κ1) is 13.6. The largest absolute Gasteiger partial charge is 0.549 e. The second-order valence-corrected chi connectivity index (χ2v) is 3.62. The summed E-state index contributed by atoms with van der Waals surface area (Å²) in [6.45, 7) is 0.748. The van der Waals surface area contributed by atoms with E-state index < -0.39 is 39.3 Å². The standard InChI is InChI=1S/C10H8FNO6/c1-10(8(13)14,9(15)16)5-2-3-7(12(17)18)6(11)4-5/h2-4H,1H3,(H,13,14)(H,15,16)/p-2. The molecule has 0 saturated carbocycles. The summed E-state index contributed by atoms with van der Waals surface area (Å²) < 4.78 is 13.3. The van der Waals surface area contributed by atoms with Crippen LogP contribution in [0.1, 0.15) is 12.5 Å². The van der Waals surface area contributed by atoms with Crippen molar-refractivity contribution in [2.75, 3.05) is 0 Å². The number of carbonyl (C=O) groups excluding carboxylic acids is 2. The number of hydrogen-bond acceptors (Lipinski definition) is 6. The van der Waals surface area contributed by atoms with Crippen LogP contribution in [0, 0.1) is 15.9 Å². The molecule has 1 aromatic rings. The van der Waals surface area contributed by atoms with Crippen LogP contribution < -0.4 is 10.2 Å². The maximum atomic E-state index is 13.3. The summed E-state index contributed by atoms with van der Waals surface area (Å²) in [5.74, 6) is -5.35. The minimum atomic E-state index is -2.59. The Morgan fingerprint density at radius 2 is 1.78 bits per heavy atom. The first-order chi connectivity index (χ1) is 8.21. The zero-order chi connectivity index (χ0) is 14.1. The number of carboxylic acid groups (broad SMARTS) is 2. The number of halogens is 1. The molecule has 1 aromatic carbocycles. The van der Waals surface area contributed by atoms with E-state index in [4.69, 9.17) is 0 Å². The predicted molar refractivity (Wildman–Crippen MR) is 50.4 cm³/mol. The lowest BCUT2D eigenvalue weighted by Gasteiger charge is -2.32. The molecule has 8 heteroatoms. The van der Waals surface area contributed by atoms with Gasteiger partial charge in [-0.25, -0.2) is 0 Å². The minimum Gasteiger partial charge on any atom is -0.549 e. The van der Waals surface area contributed by atoms with Crippen molar-refractivity contribution in [2.45, 2.75) is 12.3 Å². The third-order valence-electron chi connectivity index (χ3n) is 2.54. The summed E-state index contributed by atoms with van der Waals surface area (Å²) in [7, 11) is 0. The lowest BCUT2D eigenvalue weighted by atomic mass is 9.82. The maximum absolute atomic E-state index is 13.3. The molecule has 0 saturated heterocycles. The van der Waals surface area contributed by atoms with E-state index in [1.165, 1.54) is 0 Å². The van der Waals surface area contributed by atoms with Crippen molar-refractivity contribution in [1.82, 2.24) is 0 Å². The molecule has 18 heavy (non-hydrogen) atoms. The van der Waals surface area contributed by atoms with Crippen molar-refractivity contribution < 1.29 is 29.1 Å². The Balaban J connectivity index is 3.42. The van der Waals surface area contributed by atoms with Crippen LogP contribution in [0.25, 0.3) is 0 Å². The highest BCUT2D eigenvalue weighted by atomic mass is 19.1. The summed E-state index contributed by atoms with van der Waals surface area (Å²) in [4.78, 5) is 30.9. The molecule has 0 aromatic heterocycles. The van der Waals surface area contributed by atoms with Gasteiger partial charge in [-0.1, -0.05) is 6.07 Å². The molecule has 0 heterocycles. The Kier molecular flexibility index (Phi) is 3.31. The van der Waals surface area contributed by atoms with Crippen molar-refractivity contribution in [2.24, 2.45) is 0 Å². The Morgan fingerprint density at radius 3 is 2.11 bits per heavy atom. The summed E-state index contributed by atoms with van der Waals surface area (Å²) in [6, 6.07) is 1.96. The van der Waals surface area contributed by atoms with Crippen LogP contribution in [0.2, 0.25) is 0 Å². The molecule has 0 aliphatic carbocycles. The molecular formula is C10H6FNO6-2. The zero-order valence-electron chi connectivity index (χ0n) is 9.01. The van der Waals surface area contributed by atoms with E-state index in [1.807, 2.05) is 0 Å². The van der Waals surface area contributed by atoms with E-state index in [1.54, 1.807) is 0 Å². The van der Waals surface area contributed by atoms with Crippen molar-refractivity contribution in [3.05, 3.63) is 39.7 Å². The summed E-state index contributed by atoms with van der Waals surface area (Å²) in [6.07, 6.45) is 0. The number of nitro benzene ring substituents is 1. The molecule has 0 amide bonds. The number of carboxylic acids is 2.